The van der Waals surface area contributed by atoms with Crippen molar-refractivity contribution in [3.05, 3.63) is 58.6 Å². The van der Waals surface area contributed by atoms with Crippen LogP contribution in [0.5, 0.6) is 0 Å². The highest BCUT2D eigenvalue weighted by molar-refractivity contribution is 9.10. The summed E-state index contributed by atoms with van der Waals surface area (Å²) in [5, 5.41) is 5.72. The molecule has 0 aliphatic rings. The minimum absolute atomic E-state index is 0.187. The van der Waals surface area contributed by atoms with Crippen LogP contribution < -0.4 is 15.5 Å². The summed E-state index contributed by atoms with van der Waals surface area (Å²) >= 11 is 3.41. The Labute approximate surface area is 139 Å². The maximum absolute atomic E-state index is 11.9. The lowest BCUT2D eigenvalue weighted by atomic mass is 10.1. The summed E-state index contributed by atoms with van der Waals surface area (Å²) < 4.78 is 1.06. The number of amides is 2. The molecule has 0 aliphatic carbocycles. The van der Waals surface area contributed by atoms with Crippen LogP contribution in [-0.2, 0) is 6.42 Å². The van der Waals surface area contributed by atoms with Gasteiger partial charge in [-0.3, -0.25) is 0 Å². The van der Waals surface area contributed by atoms with Crippen LogP contribution in [0.3, 0.4) is 0 Å². The predicted molar refractivity (Wildman–Crippen MR) is 95.6 cm³/mol. The topological polar surface area (TPSA) is 44.4 Å². The number of benzene rings is 2. The summed E-state index contributed by atoms with van der Waals surface area (Å²) in [6.07, 6.45) is 0.804. The van der Waals surface area contributed by atoms with E-state index in [4.69, 9.17) is 0 Å². The van der Waals surface area contributed by atoms with Crippen molar-refractivity contribution in [2.75, 3.05) is 30.9 Å². The maximum atomic E-state index is 11.9. The molecule has 2 aromatic rings. The van der Waals surface area contributed by atoms with Crippen molar-refractivity contribution in [2.45, 2.75) is 6.42 Å². The second-order valence-electron chi connectivity index (χ2n) is 5.20. The van der Waals surface area contributed by atoms with Crippen molar-refractivity contribution >= 4 is 33.3 Å². The van der Waals surface area contributed by atoms with Crippen molar-refractivity contribution in [3.8, 4) is 0 Å². The standard InChI is InChI=1S/C17H20BrN3O/c1-21(2)16-5-3-4-15(12-16)20-17(22)19-11-10-13-6-8-14(18)9-7-13/h3-9,12H,10-11H2,1-2H3,(H2,19,20,22). The molecule has 0 aliphatic heterocycles. The minimum atomic E-state index is -0.187. The summed E-state index contributed by atoms with van der Waals surface area (Å²) in [5.41, 5.74) is 3.03. The number of hydrogen-bond donors (Lipinski definition) is 2. The smallest absolute Gasteiger partial charge is 0.319 e. The highest BCUT2D eigenvalue weighted by atomic mass is 79.9. The molecule has 2 N–H and O–H groups in total. The van der Waals surface area contributed by atoms with Crippen molar-refractivity contribution < 1.29 is 4.79 Å². The van der Waals surface area contributed by atoms with E-state index in [-0.39, 0.29) is 6.03 Å². The second-order valence-corrected chi connectivity index (χ2v) is 6.12. The van der Waals surface area contributed by atoms with Crippen molar-refractivity contribution in [1.82, 2.24) is 5.32 Å². The molecule has 2 aromatic carbocycles. The zero-order valence-electron chi connectivity index (χ0n) is 12.8. The van der Waals surface area contributed by atoms with Gasteiger partial charge in [-0.05, 0) is 42.3 Å². The van der Waals surface area contributed by atoms with Gasteiger partial charge in [0.25, 0.3) is 0 Å². The summed E-state index contributed by atoms with van der Waals surface area (Å²) in [5.74, 6) is 0. The third-order valence-corrected chi connectivity index (χ3v) is 3.76. The van der Waals surface area contributed by atoms with Gasteiger partial charge in [-0.25, -0.2) is 4.79 Å². The Hall–Kier alpha value is -2.01. The van der Waals surface area contributed by atoms with Crippen LogP contribution in [-0.4, -0.2) is 26.7 Å². The Morgan fingerprint density at radius 2 is 1.86 bits per heavy atom. The van der Waals surface area contributed by atoms with E-state index in [1.54, 1.807) is 0 Å². The van der Waals surface area contributed by atoms with E-state index in [2.05, 4.69) is 26.6 Å². The first-order valence-corrected chi connectivity index (χ1v) is 7.90. The molecule has 2 rings (SSSR count). The fourth-order valence-corrected chi connectivity index (χ4v) is 2.27. The zero-order chi connectivity index (χ0) is 15.9. The zero-order valence-corrected chi connectivity index (χ0v) is 14.4. The molecule has 116 valence electrons. The molecule has 2 amide bonds. The normalized spacial score (nSPS) is 10.1. The quantitative estimate of drug-likeness (QED) is 0.848. The van der Waals surface area contributed by atoms with Crippen LogP contribution in [0.2, 0.25) is 0 Å². The summed E-state index contributed by atoms with van der Waals surface area (Å²) in [6.45, 7) is 0.598. The Morgan fingerprint density at radius 3 is 2.55 bits per heavy atom. The first kappa shape index (κ1) is 16.4. The van der Waals surface area contributed by atoms with Gasteiger partial charge in [-0.1, -0.05) is 34.1 Å². The Balaban J connectivity index is 1.80. The minimum Gasteiger partial charge on any atom is -0.378 e. The number of halogens is 1. The third kappa shape index (κ3) is 5.07. The Kier molecular flexibility index (Phi) is 5.83. The van der Waals surface area contributed by atoms with Crippen LogP contribution in [0, 0.1) is 0 Å². The predicted octanol–water partition coefficient (Wildman–Crippen LogP) is 3.88. The van der Waals surface area contributed by atoms with Gasteiger partial charge >= 0.3 is 6.03 Å². The molecule has 0 heterocycles. The van der Waals surface area contributed by atoms with E-state index >= 15 is 0 Å². The van der Waals surface area contributed by atoms with Crippen LogP contribution in [0.25, 0.3) is 0 Å². The van der Waals surface area contributed by atoms with Crippen molar-refractivity contribution in [1.29, 1.82) is 0 Å². The van der Waals surface area contributed by atoms with Crippen LogP contribution in [0.1, 0.15) is 5.56 Å². The number of carbonyl (C=O) groups is 1. The summed E-state index contributed by atoms with van der Waals surface area (Å²) in [7, 11) is 3.94. The van der Waals surface area contributed by atoms with E-state index in [0.29, 0.717) is 6.54 Å². The lowest BCUT2D eigenvalue weighted by molar-refractivity contribution is 0.252. The number of hydrogen-bond acceptors (Lipinski definition) is 2. The van der Waals surface area contributed by atoms with Gasteiger partial charge in [-0.15, -0.1) is 0 Å². The number of anilines is 2. The monoisotopic (exact) mass is 361 g/mol. The molecule has 0 aromatic heterocycles. The molecule has 0 bridgehead atoms. The van der Waals surface area contributed by atoms with E-state index < -0.39 is 0 Å². The first-order chi connectivity index (χ1) is 10.5. The van der Waals surface area contributed by atoms with E-state index in [9.17, 15) is 4.79 Å². The molecule has 0 unspecified atom stereocenters. The maximum Gasteiger partial charge on any atom is 0.319 e. The number of rotatable bonds is 5. The third-order valence-electron chi connectivity index (χ3n) is 3.23. The molecule has 0 radical (unpaired) electrons. The lowest BCUT2D eigenvalue weighted by Crippen LogP contribution is -2.30. The molecular weight excluding hydrogens is 342 g/mol. The van der Waals surface area contributed by atoms with Gasteiger partial charge in [-0.2, -0.15) is 0 Å². The number of nitrogens with zero attached hydrogens (tertiary/aromatic N) is 1. The molecule has 5 heteroatoms. The number of urea groups is 1. The summed E-state index contributed by atoms with van der Waals surface area (Å²) in [6, 6.07) is 15.6. The average molecular weight is 362 g/mol. The molecule has 22 heavy (non-hydrogen) atoms. The molecule has 0 spiro atoms. The molecule has 0 fully saturated rings. The molecule has 0 saturated heterocycles. The molecule has 0 saturated carbocycles. The molecule has 4 nitrogen and oxygen atoms in total. The fraction of sp³-hybridized carbons (Fsp3) is 0.235. The molecule has 0 atom stereocenters. The molecular formula is C17H20BrN3O. The first-order valence-electron chi connectivity index (χ1n) is 7.11. The van der Waals surface area contributed by atoms with Crippen LogP contribution >= 0.6 is 15.9 Å². The number of carbonyl (C=O) groups excluding carboxylic acids is 1. The van der Waals surface area contributed by atoms with Gasteiger partial charge in [0.1, 0.15) is 0 Å². The SMILES string of the molecule is CN(C)c1cccc(NC(=O)NCCc2ccc(Br)cc2)c1. The Morgan fingerprint density at radius 1 is 1.14 bits per heavy atom. The fourth-order valence-electron chi connectivity index (χ4n) is 2.01. The highest BCUT2D eigenvalue weighted by Gasteiger charge is 2.03. The largest absolute Gasteiger partial charge is 0.378 e. The van der Waals surface area contributed by atoms with E-state index in [1.807, 2.05) is 67.5 Å². The van der Waals surface area contributed by atoms with Crippen molar-refractivity contribution in [3.63, 3.8) is 0 Å². The van der Waals surface area contributed by atoms with E-state index in [1.165, 1.54) is 5.56 Å². The van der Waals surface area contributed by atoms with E-state index in [0.717, 1.165) is 22.3 Å². The van der Waals surface area contributed by atoms with Gasteiger partial charge in [0.2, 0.25) is 0 Å². The van der Waals surface area contributed by atoms with Crippen molar-refractivity contribution in [2.24, 2.45) is 0 Å². The van der Waals surface area contributed by atoms with Gasteiger partial charge in [0.15, 0.2) is 0 Å². The van der Waals surface area contributed by atoms with Gasteiger partial charge in [0.05, 0.1) is 0 Å². The average Bonchev–Trinajstić information content (AvgIpc) is 2.49. The number of nitrogens with one attached hydrogen (secondary N) is 2. The van der Waals surface area contributed by atoms with Gasteiger partial charge in [0, 0.05) is 36.5 Å². The Bertz CT molecular complexity index is 626. The van der Waals surface area contributed by atoms with Gasteiger partial charge < -0.3 is 15.5 Å². The van der Waals surface area contributed by atoms with Crippen LogP contribution in [0.4, 0.5) is 16.2 Å². The highest BCUT2D eigenvalue weighted by Crippen LogP contribution is 2.17. The summed E-state index contributed by atoms with van der Waals surface area (Å²) in [4.78, 5) is 13.9. The van der Waals surface area contributed by atoms with Crippen LogP contribution in [0.15, 0.2) is 53.0 Å². The second kappa shape index (κ2) is 7.84. The lowest BCUT2D eigenvalue weighted by Gasteiger charge is -2.14.